The van der Waals surface area contributed by atoms with Gasteiger partial charge in [-0.25, -0.2) is 0 Å². The zero-order valence-electron chi connectivity index (χ0n) is 10.9. The molecule has 1 aliphatic rings. The quantitative estimate of drug-likeness (QED) is 0.760. The summed E-state index contributed by atoms with van der Waals surface area (Å²) in [5, 5.41) is 3.57. The normalized spacial score (nSPS) is 24.4. The van der Waals surface area contributed by atoms with E-state index in [0.717, 1.165) is 13.1 Å². The lowest BCUT2D eigenvalue weighted by Gasteiger charge is -2.36. The molecule has 1 N–H and O–H groups in total. The summed E-state index contributed by atoms with van der Waals surface area (Å²) in [5.41, 5.74) is 4.78. The van der Waals surface area contributed by atoms with Crippen LogP contribution in [0.2, 0.25) is 0 Å². The van der Waals surface area contributed by atoms with E-state index < -0.39 is 0 Å². The molecule has 1 atom stereocenters. The zero-order chi connectivity index (χ0) is 11.8. The molecule has 1 fully saturated rings. The van der Waals surface area contributed by atoms with Crippen molar-refractivity contribution in [2.24, 2.45) is 5.41 Å². The Morgan fingerprint density at radius 1 is 1.25 bits per heavy atom. The van der Waals surface area contributed by atoms with Crippen LogP contribution in [0.15, 0.2) is 18.2 Å². The van der Waals surface area contributed by atoms with E-state index in [9.17, 15) is 0 Å². The van der Waals surface area contributed by atoms with Crippen LogP contribution in [0, 0.1) is 19.3 Å². The van der Waals surface area contributed by atoms with Crippen molar-refractivity contribution in [3.63, 3.8) is 0 Å². The first kappa shape index (κ1) is 11.7. The summed E-state index contributed by atoms with van der Waals surface area (Å²) < 4.78 is 0. The lowest BCUT2D eigenvalue weighted by atomic mass is 9.76. The third-order valence-corrected chi connectivity index (χ3v) is 3.66. The summed E-state index contributed by atoms with van der Waals surface area (Å²) >= 11 is 0. The lowest BCUT2D eigenvalue weighted by molar-refractivity contribution is 0.239. The van der Waals surface area contributed by atoms with Crippen molar-refractivity contribution in [2.75, 3.05) is 13.1 Å². The molecule has 1 aliphatic heterocycles. The monoisotopic (exact) mass is 217 g/mol. The maximum Gasteiger partial charge on any atom is 0.00206 e. The van der Waals surface area contributed by atoms with Gasteiger partial charge in [0, 0.05) is 13.1 Å². The molecule has 1 aromatic carbocycles. The third kappa shape index (κ3) is 2.46. The standard InChI is InChI=1S/C15H23N/c1-11-5-6-14(12(2)7-11)13-8-15(3,4)10-16-9-13/h5-7,13,16H,8-10H2,1-4H3. The van der Waals surface area contributed by atoms with Crippen molar-refractivity contribution < 1.29 is 0 Å². The molecule has 1 unspecified atom stereocenters. The molecule has 0 saturated carbocycles. The Bertz CT molecular complexity index is 379. The van der Waals surface area contributed by atoms with E-state index in [4.69, 9.17) is 0 Å². The number of aryl methyl sites for hydroxylation is 2. The lowest BCUT2D eigenvalue weighted by Crippen LogP contribution is -2.40. The maximum absolute atomic E-state index is 3.57. The van der Waals surface area contributed by atoms with Gasteiger partial charge in [-0.1, -0.05) is 37.6 Å². The summed E-state index contributed by atoms with van der Waals surface area (Å²) in [6.45, 7) is 11.4. The van der Waals surface area contributed by atoms with E-state index in [1.807, 2.05) is 0 Å². The molecule has 0 spiro atoms. The number of rotatable bonds is 1. The van der Waals surface area contributed by atoms with Gasteiger partial charge in [-0.3, -0.25) is 0 Å². The van der Waals surface area contributed by atoms with Crippen molar-refractivity contribution in [1.82, 2.24) is 5.32 Å². The largest absolute Gasteiger partial charge is 0.316 e. The van der Waals surface area contributed by atoms with Gasteiger partial charge in [-0.2, -0.15) is 0 Å². The summed E-state index contributed by atoms with van der Waals surface area (Å²) in [7, 11) is 0. The first-order valence-electron chi connectivity index (χ1n) is 6.26. The van der Waals surface area contributed by atoms with Gasteiger partial charge in [0.15, 0.2) is 0 Å². The Morgan fingerprint density at radius 3 is 2.62 bits per heavy atom. The molecule has 2 rings (SSSR count). The van der Waals surface area contributed by atoms with Crippen LogP contribution in [0.25, 0.3) is 0 Å². The van der Waals surface area contributed by atoms with Gasteiger partial charge in [-0.05, 0) is 42.7 Å². The SMILES string of the molecule is Cc1ccc(C2CNCC(C)(C)C2)c(C)c1. The molecular weight excluding hydrogens is 194 g/mol. The van der Waals surface area contributed by atoms with E-state index in [1.165, 1.54) is 23.1 Å². The Labute approximate surface area is 99.3 Å². The first-order chi connectivity index (χ1) is 7.48. The highest BCUT2D eigenvalue weighted by Gasteiger charge is 2.29. The Morgan fingerprint density at radius 2 is 2.00 bits per heavy atom. The molecule has 1 heteroatoms. The molecule has 0 amide bonds. The van der Waals surface area contributed by atoms with E-state index in [0.29, 0.717) is 11.3 Å². The highest BCUT2D eigenvalue weighted by Crippen LogP contribution is 2.35. The highest BCUT2D eigenvalue weighted by atomic mass is 14.9. The van der Waals surface area contributed by atoms with Gasteiger partial charge in [0.05, 0.1) is 0 Å². The predicted molar refractivity (Wildman–Crippen MR) is 69.9 cm³/mol. The van der Waals surface area contributed by atoms with Gasteiger partial charge in [0.2, 0.25) is 0 Å². The number of hydrogen-bond acceptors (Lipinski definition) is 1. The second kappa shape index (κ2) is 4.21. The molecule has 0 aromatic heterocycles. The Balaban J connectivity index is 2.23. The number of piperidine rings is 1. The fourth-order valence-corrected chi connectivity index (χ4v) is 2.90. The molecule has 1 nitrogen and oxygen atoms in total. The molecule has 1 aromatic rings. The smallest absolute Gasteiger partial charge is 0.00206 e. The molecule has 16 heavy (non-hydrogen) atoms. The van der Waals surface area contributed by atoms with E-state index >= 15 is 0 Å². The fraction of sp³-hybridized carbons (Fsp3) is 0.600. The van der Waals surface area contributed by atoms with Crippen LogP contribution in [-0.2, 0) is 0 Å². The van der Waals surface area contributed by atoms with Crippen LogP contribution in [0.3, 0.4) is 0 Å². The van der Waals surface area contributed by atoms with E-state index in [1.54, 1.807) is 0 Å². The first-order valence-corrected chi connectivity index (χ1v) is 6.26. The van der Waals surface area contributed by atoms with Crippen LogP contribution >= 0.6 is 0 Å². The molecule has 1 heterocycles. The van der Waals surface area contributed by atoms with Crippen molar-refractivity contribution in [3.05, 3.63) is 34.9 Å². The molecule has 1 saturated heterocycles. The van der Waals surface area contributed by atoms with E-state index in [2.05, 4.69) is 51.2 Å². The summed E-state index contributed by atoms with van der Waals surface area (Å²) in [6.07, 6.45) is 1.30. The van der Waals surface area contributed by atoms with Gasteiger partial charge >= 0.3 is 0 Å². The van der Waals surface area contributed by atoms with Crippen molar-refractivity contribution in [3.8, 4) is 0 Å². The molecule has 0 aliphatic carbocycles. The second-order valence-electron chi connectivity index (χ2n) is 6.06. The summed E-state index contributed by atoms with van der Waals surface area (Å²) in [6, 6.07) is 6.86. The summed E-state index contributed by atoms with van der Waals surface area (Å²) in [5.74, 6) is 0.685. The maximum atomic E-state index is 3.57. The molecule has 88 valence electrons. The number of nitrogens with one attached hydrogen (secondary N) is 1. The second-order valence-corrected chi connectivity index (χ2v) is 6.06. The molecular formula is C15H23N. The van der Waals surface area contributed by atoms with E-state index in [-0.39, 0.29) is 0 Å². The third-order valence-electron chi connectivity index (χ3n) is 3.66. The van der Waals surface area contributed by atoms with Crippen LogP contribution in [0.5, 0.6) is 0 Å². The minimum Gasteiger partial charge on any atom is -0.316 e. The van der Waals surface area contributed by atoms with Gasteiger partial charge in [-0.15, -0.1) is 0 Å². The van der Waals surface area contributed by atoms with Crippen LogP contribution in [-0.4, -0.2) is 13.1 Å². The van der Waals surface area contributed by atoms with Gasteiger partial charge in [0.1, 0.15) is 0 Å². The molecule has 0 bridgehead atoms. The summed E-state index contributed by atoms with van der Waals surface area (Å²) in [4.78, 5) is 0. The van der Waals surface area contributed by atoms with Crippen molar-refractivity contribution in [1.29, 1.82) is 0 Å². The van der Waals surface area contributed by atoms with Gasteiger partial charge < -0.3 is 5.32 Å². The van der Waals surface area contributed by atoms with Crippen molar-refractivity contribution >= 4 is 0 Å². The van der Waals surface area contributed by atoms with Crippen LogP contribution in [0.1, 0.15) is 42.9 Å². The Hall–Kier alpha value is -0.820. The average molecular weight is 217 g/mol. The number of benzene rings is 1. The van der Waals surface area contributed by atoms with Gasteiger partial charge in [0.25, 0.3) is 0 Å². The number of hydrogen-bond donors (Lipinski definition) is 1. The van der Waals surface area contributed by atoms with Crippen LogP contribution < -0.4 is 5.32 Å². The average Bonchev–Trinajstić information content (AvgIpc) is 2.15. The minimum absolute atomic E-state index is 0.431. The Kier molecular flexibility index (Phi) is 3.07. The minimum atomic E-state index is 0.431. The zero-order valence-corrected chi connectivity index (χ0v) is 10.9. The molecule has 0 radical (unpaired) electrons. The van der Waals surface area contributed by atoms with Crippen LogP contribution in [0.4, 0.5) is 0 Å². The predicted octanol–water partition coefficient (Wildman–Crippen LogP) is 3.41. The topological polar surface area (TPSA) is 12.0 Å². The highest BCUT2D eigenvalue weighted by molar-refractivity contribution is 5.33. The fourth-order valence-electron chi connectivity index (χ4n) is 2.90. The van der Waals surface area contributed by atoms with Crippen molar-refractivity contribution in [2.45, 2.75) is 40.0 Å².